The molecule has 0 amide bonds. The van der Waals surface area contributed by atoms with Crippen molar-refractivity contribution in [1.29, 1.82) is 0 Å². The van der Waals surface area contributed by atoms with Gasteiger partial charge in [-0.1, -0.05) is 168 Å². The van der Waals surface area contributed by atoms with Crippen LogP contribution in [0.5, 0.6) is 0 Å². The molecule has 9 atom stereocenters. The number of aliphatic hydroxyl groups excluding tert-OH is 6. The van der Waals surface area contributed by atoms with Gasteiger partial charge in [0.25, 0.3) is 0 Å². The summed E-state index contributed by atoms with van der Waals surface area (Å²) in [5.74, 6) is -3.38. The molecule has 0 aliphatic carbocycles. The number of ether oxygens (including phenoxy) is 5. The Morgan fingerprint density at radius 3 is 1.33 bits per heavy atom. The van der Waals surface area contributed by atoms with Gasteiger partial charge in [-0.3, -0.25) is 9.59 Å². The van der Waals surface area contributed by atoms with Crippen molar-refractivity contribution in [2.45, 2.75) is 248 Å². The topological polar surface area (TPSA) is 202 Å². The summed E-state index contributed by atoms with van der Waals surface area (Å²) in [6, 6.07) is 0. The molecule has 2 rings (SSSR count). The zero-order chi connectivity index (χ0) is 41.7. The quantitative estimate of drug-likeness (QED) is 0.0293. The smallest absolute Gasteiger partial charge is 0.305 e. The number of hydrogen-bond acceptors (Lipinski definition) is 13. The van der Waals surface area contributed by atoms with E-state index >= 15 is 0 Å². The maximum Gasteiger partial charge on any atom is 0.305 e. The van der Waals surface area contributed by atoms with Crippen LogP contribution in [0.3, 0.4) is 0 Å². The molecule has 13 heteroatoms. The van der Waals surface area contributed by atoms with E-state index in [1.54, 1.807) is 0 Å². The van der Waals surface area contributed by atoms with Crippen molar-refractivity contribution >= 4 is 11.9 Å². The lowest BCUT2D eigenvalue weighted by Crippen LogP contribution is -2.62. The highest BCUT2D eigenvalue weighted by Gasteiger charge is 2.59. The summed E-state index contributed by atoms with van der Waals surface area (Å²) in [5, 5.41) is 63.1. The molecule has 9 unspecified atom stereocenters. The molecule has 2 heterocycles. The predicted molar refractivity (Wildman–Crippen MR) is 217 cm³/mol. The van der Waals surface area contributed by atoms with Gasteiger partial charge in [0.15, 0.2) is 6.29 Å². The second-order valence-electron chi connectivity index (χ2n) is 16.5. The highest BCUT2D eigenvalue weighted by atomic mass is 16.8. The molecule has 2 aliphatic rings. The first-order valence-corrected chi connectivity index (χ1v) is 22.9. The van der Waals surface area contributed by atoms with Gasteiger partial charge in [0.2, 0.25) is 5.79 Å². The molecule has 2 aliphatic heterocycles. The monoisotopic (exact) mass is 819 g/mol. The van der Waals surface area contributed by atoms with Gasteiger partial charge < -0.3 is 54.3 Å². The Morgan fingerprint density at radius 2 is 0.912 bits per heavy atom. The molecule has 2 fully saturated rings. The van der Waals surface area contributed by atoms with Crippen LogP contribution >= 0.6 is 0 Å². The molecule has 0 spiro atoms. The van der Waals surface area contributed by atoms with E-state index in [0.29, 0.717) is 12.8 Å². The van der Waals surface area contributed by atoms with Crippen LogP contribution < -0.4 is 0 Å². The summed E-state index contributed by atoms with van der Waals surface area (Å²) >= 11 is 0. The van der Waals surface area contributed by atoms with Crippen molar-refractivity contribution in [1.82, 2.24) is 0 Å². The fraction of sp³-hybridized carbons (Fsp3) is 0.955. The number of rotatable bonds is 35. The summed E-state index contributed by atoms with van der Waals surface area (Å²) in [4.78, 5) is 25.4. The van der Waals surface area contributed by atoms with E-state index in [1.165, 1.54) is 116 Å². The first-order valence-electron chi connectivity index (χ1n) is 22.9. The molecular formula is C44H82O13. The molecule has 6 N–H and O–H groups in total. The summed E-state index contributed by atoms with van der Waals surface area (Å²) in [5.41, 5.74) is 0. The van der Waals surface area contributed by atoms with Crippen molar-refractivity contribution in [3.63, 3.8) is 0 Å². The molecule has 0 aromatic rings. The Labute approximate surface area is 343 Å². The van der Waals surface area contributed by atoms with E-state index < -0.39 is 86.6 Å². The molecule has 13 nitrogen and oxygen atoms in total. The zero-order valence-electron chi connectivity index (χ0n) is 35.6. The van der Waals surface area contributed by atoms with Crippen LogP contribution in [0.1, 0.15) is 194 Å². The van der Waals surface area contributed by atoms with Gasteiger partial charge in [-0.25, -0.2) is 0 Å². The number of carbonyl (C=O) groups excluding carboxylic acids is 2. The van der Waals surface area contributed by atoms with Crippen molar-refractivity contribution in [2.24, 2.45) is 0 Å². The molecule has 0 aromatic heterocycles. The van der Waals surface area contributed by atoms with Crippen LogP contribution in [-0.4, -0.2) is 117 Å². The maximum absolute atomic E-state index is 12.8. The van der Waals surface area contributed by atoms with Crippen LogP contribution in [0, 0.1) is 0 Å². The van der Waals surface area contributed by atoms with Crippen molar-refractivity contribution in [2.75, 3.05) is 19.8 Å². The van der Waals surface area contributed by atoms with Crippen LogP contribution in [0.2, 0.25) is 0 Å². The van der Waals surface area contributed by atoms with E-state index in [0.717, 1.165) is 38.5 Å². The van der Waals surface area contributed by atoms with Crippen molar-refractivity contribution in [3.05, 3.63) is 0 Å². The van der Waals surface area contributed by atoms with Gasteiger partial charge in [-0.2, -0.15) is 0 Å². The van der Waals surface area contributed by atoms with Crippen LogP contribution in [0.15, 0.2) is 0 Å². The normalized spacial score (nSPS) is 27.5. The second kappa shape index (κ2) is 31.5. The lowest BCUT2D eigenvalue weighted by molar-refractivity contribution is -0.383. The van der Waals surface area contributed by atoms with Crippen LogP contribution in [0.25, 0.3) is 0 Å². The Kier molecular flexibility index (Phi) is 28.5. The Balaban J connectivity index is 1.80. The first kappa shape index (κ1) is 51.7. The Hall–Kier alpha value is -1.42. The van der Waals surface area contributed by atoms with Crippen LogP contribution in [-0.2, 0) is 33.3 Å². The minimum atomic E-state index is -2.30. The number of carbonyl (C=O) groups is 2. The number of unbranched alkanes of at least 4 members (excludes halogenated alkanes) is 24. The molecule has 0 bridgehead atoms. The fourth-order valence-electron chi connectivity index (χ4n) is 7.68. The molecule has 57 heavy (non-hydrogen) atoms. The molecule has 2 saturated heterocycles. The van der Waals surface area contributed by atoms with E-state index in [9.17, 15) is 40.2 Å². The third-order valence-corrected chi connectivity index (χ3v) is 11.5. The molecule has 0 aromatic carbocycles. The van der Waals surface area contributed by atoms with E-state index in [-0.39, 0.29) is 12.8 Å². The van der Waals surface area contributed by atoms with Gasteiger partial charge in [0, 0.05) is 12.8 Å². The third-order valence-electron chi connectivity index (χ3n) is 11.5. The lowest BCUT2D eigenvalue weighted by atomic mass is 9.99. The van der Waals surface area contributed by atoms with Crippen molar-refractivity contribution in [3.8, 4) is 0 Å². The highest BCUT2D eigenvalue weighted by Crippen LogP contribution is 2.37. The summed E-state index contributed by atoms with van der Waals surface area (Å²) in [6.07, 6.45) is 17.5. The van der Waals surface area contributed by atoms with E-state index in [1.807, 2.05) is 0 Å². The van der Waals surface area contributed by atoms with Gasteiger partial charge in [-0.15, -0.1) is 0 Å². The Bertz CT molecular complexity index is 1010. The Morgan fingerprint density at radius 1 is 0.509 bits per heavy atom. The number of esters is 2. The molecule has 0 radical (unpaired) electrons. The average molecular weight is 819 g/mol. The lowest BCUT2D eigenvalue weighted by Gasteiger charge is -2.43. The van der Waals surface area contributed by atoms with Crippen LogP contribution in [0.4, 0.5) is 0 Å². The first-order chi connectivity index (χ1) is 27.6. The van der Waals surface area contributed by atoms with Gasteiger partial charge >= 0.3 is 11.9 Å². The zero-order valence-corrected chi connectivity index (χ0v) is 35.6. The van der Waals surface area contributed by atoms with E-state index in [4.69, 9.17) is 23.7 Å². The minimum absolute atomic E-state index is 0.104. The summed E-state index contributed by atoms with van der Waals surface area (Å²) in [7, 11) is 0. The van der Waals surface area contributed by atoms with Gasteiger partial charge in [0.05, 0.1) is 6.61 Å². The second-order valence-corrected chi connectivity index (χ2v) is 16.5. The standard InChI is InChI=1S/C44H82O13/c1-3-5-7-9-11-13-15-17-19-21-23-25-27-29-36(46)53-32-35-39(49)42(52)44(56-35,57-43-41(51)40(50)38(48)34(31-45)55-43)33-54-37(47)30-28-26-24-22-20-18-16-14-12-10-8-6-4-2/h34-35,38-43,45,48-52H,3-33H2,1-2H3. The largest absolute Gasteiger partial charge is 0.463 e. The van der Waals surface area contributed by atoms with Gasteiger partial charge in [-0.05, 0) is 12.8 Å². The third kappa shape index (κ3) is 20.6. The van der Waals surface area contributed by atoms with E-state index in [2.05, 4.69) is 13.8 Å². The SMILES string of the molecule is CCCCCCCCCCCCCCCC(=O)OCC1OC(COC(=O)CCCCCCCCCCCCCCC)(OC2OC(CO)C(O)C(O)C2O)C(O)C1O. The summed E-state index contributed by atoms with van der Waals surface area (Å²) in [6.45, 7) is 2.58. The number of aliphatic hydroxyl groups is 6. The van der Waals surface area contributed by atoms with Crippen molar-refractivity contribution < 1.29 is 63.9 Å². The molecule has 336 valence electrons. The predicted octanol–water partition coefficient (Wildman–Crippen LogP) is 6.67. The number of hydrogen-bond donors (Lipinski definition) is 6. The average Bonchev–Trinajstić information content (AvgIpc) is 3.44. The molecular weight excluding hydrogens is 736 g/mol. The maximum atomic E-state index is 12.8. The van der Waals surface area contributed by atoms with Gasteiger partial charge in [0.1, 0.15) is 55.9 Å². The fourth-order valence-corrected chi connectivity index (χ4v) is 7.68. The summed E-state index contributed by atoms with van der Waals surface area (Å²) < 4.78 is 28.1. The molecule has 0 saturated carbocycles. The minimum Gasteiger partial charge on any atom is -0.463 e. The highest BCUT2D eigenvalue weighted by molar-refractivity contribution is 5.69.